The highest BCUT2D eigenvalue weighted by Crippen LogP contribution is 2.26. The lowest BCUT2D eigenvalue weighted by Gasteiger charge is -2.08. The molecule has 0 aliphatic carbocycles. The molecule has 1 aromatic carbocycles. The van der Waals surface area contributed by atoms with Crippen molar-refractivity contribution < 1.29 is 9.53 Å². The van der Waals surface area contributed by atoms with Crippen LogP contribution < -0.4 is 4.74 Å². The number of aldehydes is 1. The van der Waals surface area contributed by atoms with Crippen LogP contribution in [0.3, 0.4) is 0 Å². The van der Waals surface area contributed by atoms with Gasteiger partial charge in [0.25, 0.3) is 0 Å². The Morgan fingerprint density at radius 3 is 2.94 bits per heavy atom. The predicted octanol–water partition coefficient (Wildman–Crippen LogP) is 2.60. The first kappa shape index (κ1) is 11.4. The minimum Gasteiger partial charge on any atom is -0.494 e. The fraction of sp³-hybridized carbons (Fsp3) is 0.231. The van der Waals surface area contributed by atoms with Gasteiger partial charge in [-0.1, -0.05) is 0 Å². The number of nitrogens with one attached hydrogen (secondary N) is 1. The Balaban J connectivity index is 2.41. The summed E-state index contributed by atoms with van der Waals surface area (Å²) in [5.74, 6) is 0.864. The van der Waals surface area contributed by atoms with Crippen molar-refractivity contribution in [3.63, 3.8) is 0 Å². The van der Waals surface area contributed by atoms with Crippen LogP contribution >= 0.6 is 0 Å². The molecule has 2 rings (SSSR count). The normalized spacial score (nSPS) is 10.2. The second-order valence-electron chi connectivity index (χ2n) is 3.73. The van der Waals surface area contributed by atoms with E-state index < -0.39 is 0 Å². The molecule has 4 nitrogen and oxygen atoms in total. The van der Waals surface area contributed by atoms with E-state index in [0.29, 0.717) is 12.2 Å². The Hall–Kier alpha value is -2.10. The Labute approximate surface area is 99.6 Å². The van der Waals surface area contributed by atoms with Gasteiger partial charge in [0.15, 0.2) is 6.29 Å². The largest absolute Gasteiger partial charge is 0.494 e. The van der Waals surface area contributed by atoms with Gasteiger partial charge in [-0.05, 0) is 37.6 Å². The monoisotopic (exact) mass is 230 g/mol. The maximum atomic E-state index is 10.8. The lowest BCUT2D eigenvalue weighted by Crippen LogP contribution is -1.94. The minimum absolute atomic E-state index is 0.563. The third-order valence-corrected chi connectivity index (χ3v) is 2.56. The minimum atomic E-state index is 0.563. The van der Waals surface area contributed by atoms with E-state index in [9.17, 15) is 4.79 Å². The molecule has 0 unspecified atom stereocenters. The first-order chi connectivity index (χ1) is 8.26. The number of H-pyrrole nitrogens is 1. The van der Waals surface area contributed by atoms with Crippen LogP contribution in [-0.2, 0) is 0 Å². The molecule has 1 N–H and O–H groups in total. The molecule has 88 valence electrons. The number of aryl methyl sites for hydroxylation is 1. The van der Waals surface area contributed by atoms with Crippen molar-refractivity contribution in [2.24, 2.45) is 0 Å². The lowest BCUT2D eigenvalue weighted by atomic mass is 10.1. The van der Waals surface area contributed by atoms with Crippen LogP contribution in [0.4, 0.5) is 0 Å². The molecule has 0 bridgehead atoms. The zero-order chi connectivity index (χ0) is 12.3. The van der Waals surface area contributed by atoms with E-state index in [1.54, 1.807) is 0 Å². The number of benzene rings is 1. The quantitative estimate of drug-likeness (QED) is 0.821. The Morgan fingerprint density at radius 2 is 2.29 bits per heavy atom. The summed E-state index contributed by atoms with van der Waals surface area (Å²) in [7, 11) is 0. The van der Waals surface area contributed by atoms with Gasteiger partial charge in [0.1, 0.15) is 5.75 Å². The number of hydrogen-bond donors (Lipinski definition) is 1. The number of ether oxygens (including phenoxy) is 1. The number of carbonyl (C=O) groups is 1. The summed E-state index contributed by atoms with van der Waals surface area (Å²) in [5.41, 5.74) is 3.28. The molecule has 0 atom stereocenters. The van der Waals surface area contributed by atoms with Gasteiger partial charge in [-0.3, -0.25) is 9.89 Å². The average molecular weight is 230 g/mol. The fourth-order valence-corrected chi connectivity index (χ4v) is 1.74. The Morgan fingerprint density at radius 1 is 1.47 bits per heavy atom. The van der Waals surface area contributed by atoms with E-state index in [1.807, 2.05) is 32.0 Å². The number of aromatic nitrogens is 2. The fourth-order valence-electron chi connectivity index (χ4n) is 1.74. The SMILES string of the molecule is CCOc1ccc(-c2[nH]ncc2C=O)cc1C. The molecule has 1 heterocycles. The molecule has 17 heavy (non-hydrogen) atoms. The highest BCUT2D eigenvalue weighted by Gasteiger charge is 2.08. The molecule has 1 aromatic heterocycles. The van der Waals surface area contributed by atoms with Gasteiger partial charge >= 0.3 is 0 Å². The second kappa shape index (κ2) is 4.82. The molecule has 0 aliphatic heterocycles. The third-order valence-electron chi connectivity index (χ3n) is 2.56. The summed E-state index contributed by atoms with van der Waals surface area (Å²) in [6.45, 7) is 4.57. The van der Waals surface area contributed by atoms with Gasteiger partial charge in [0.05, 0.1) is 24.1 Å². The van der Waals surface area contributed by atoms with E-state index in [4.69, 9.17) is 4.74 Å². The summed E-state index contributed by atoms with van der Waals surface area (Å²) in [4.78, 5) is 10.8. The highest BCUT2D eigenvalue weighted by atomic mass is 16.5. The summed E-state index contributed by atoms with van der Waals surface area (Å²) >= 11 is 0. The van der Waals surface area contributed by atoms with Crippen LogP contribution in [0.25, 0.3) is 11.3 Å². The molecule has 0 radical (unpaired) electrons. The maximum Gasteiger partial charge on any atom is 0.153 e. The van der Waals surface area contributed by atoms with Gasteiger partial charge < -0.3 is 4.74 Å². The molecule has 4 heteroatoms. The predicted molar refractivity (Wildman–Crippen MR) is 65.3 cm³/mol. The van der Waals surface area contributed by atoms with Gasteiger partial charge in [0.2, 0.25) is 0 Å². The van der Waals surface area contributed by atoms with Crippen molar-refractivity contribution in [1.82, 2.24) is 10.2 Å². The van der Waals surface area contributed by atoms with Crippen LogP contribution in [0, 0.1) is 6.92 Å². The molecule has 0 saturated heterocycles. The third kappa shape index (κ3) is 2.20. The highest BCUT2D eigenvalue weighted by molar-refractivity contribution is 5.85. The van der Waals surface area contributed by atoms with Crippen LogP contribution in [0.2, 0.25) is 0 Å². The van der Waals surface area contributed by atoms with Crippen molar-refractivity contribution in [1.29, 1.82) is 0 Å². The van der Waals surface area contributed by atoms with Gasteiger partial charge in [0, 0.05) is 5.56 Å². The van der Waals surface area contributed by atoms with E-state index in [0.717, 1.165) is 28.9 Å². The number of hydrogen-bond acceptors (Lipinski definition) is 3. The number of rotatable bonds is 4. The van der Waals surface area contributed by atoms with Gasteiger partial charge in [-0.25, -0.2) is 0 Å². The van der Waals surface area contributed by atoms with Gasteiger partial charge in [-0.15, -0.1) is 0 Å². The van der Waals surface area contributed by atoms with E-state index in [2.05, 4.69) is 10.2 Å². The number of aromatic amines is 1. The molecule has 0 spiro atoms. The smallest absolute Gasteiger partial charge is 0.153 e. The van der Waals surface area contributed by atoms with Crippen molar-refractivity contribution in [2.45, 2.75) is 13.8 Å². The average Bonchev–Trinajstić information content (AvgIpc) is 2.80. The zero-order valence-corrected chi connectivity index (χ0v) is 9.86. The first-order valence-electron chi connectivity index (χ1n) is 5.48. The van der Waals surface area contributed by atoms with E-state index in [1.165, 1.54) is 6.20 Å². The van der Waals surface area contributed by atoms with Crippen LogP contribution in [0.1, 0.15) is 22.8 Å². The number of nitrogens with zero attached hydrogens (tertiary/aromatic N) is 1. The summed E-state index contributed by atoms with van der Waals surface area (Å²) < 4.78 is 5.47. The van der Waals surface area contributed by atoms with Crippen LogP contribution in [-0.4, -0.2) is 23.1 Å². The Kier molecular flexibility index (Phi) is 3.23. The standard InChI is InChI=1S/C13H14N2O2/c1-3-17-12-5-4-10(6-9(12)2)13-11(8-16)7-14-15-13/h4-8H,3H2,1-2H3,(H,14,15). The second-order valence-corrected chi connectivity index (χ2v) is 3.73. The molecule has 0 aliphatic rings. The number of carbonyl (C=O) groups excluding carboxylic acids is 1. The van der Waals surface area contributed by atoms with Crippen molar-refractivity contribution in [3.8, 4) is 17.0 Å². The Bertz CT molecular complexity index is 532. The van der Waals surface area contributed by atoms with Crippen molar-refractivity contribution in [3.05, 3.63) is 35.5 Å². The molecule has 0 amide bonds. The molecule has 0 saturated carbocycles. The van der Waals surface area contributed by atoms with Crippen molar-refractivity contribution in [2.75, 3.05) is 6.61 Å². The topological polar surface area (TPSA) is 55.0 Å². The molecular formula is C13H14N2O2. The van der Waals surface area contributed by atoms with Crippen molar-refractivity contribution >= 4 is 6.29 Å². The molecule has 2 aromatic rings. The maximum absolute atomic E-state index is 10.8. The molecular weight excluding hydrogens is 216 g/mol. The van der Waals surface area contributed by atoms with Gasteiger partial charge in [-0.2, -0.15) is 5.10 Å². The van der Waals surface area contributed by atoms with E-state index >= 15 is 0 Å². The van der Waals surface area contributed by atoms with E-state index in [-0.39, 0.29) is 0 Å². The molecule has 0 fully saturated rings. The summed E-state index contributed by atoms with van der Waals surface area (Å²) in [5, 5.41) is 6.70. The van der Waals surface area contributed by atoms with Crippen LogP contribution in [0.15, 0.2) is 24.4 Å². The van der Waals surface area contributed by atoms with Crippen LogP contribution in [0.5, 0.6) is 5.75 Å². The zero-order valence-electron chi connectivity index (χ0n) is 9.86. The summed E-state index contributed by atoms with van der Waals surface area (Å²) in [6.07, 6.45) is 2.32. The lowest BCUT2D eigenvalue weighted by molar-refractivity contribution is 0.112. The summed E-state index contributed by atoms with van der Waals surface area (Å²) in [6, 6.07) is 5.80. The first-order valence-corrected chi connectivity index (χ1v) is 5.48.